The van der Waals surface area contributed by atoms with Crippen LogP contribution in [0.5, 0.6) is 5.75 Å². The van der Waals surface area contributed by atoms with Gasteiger partial charge in [0.15, 0.2) is 6.10 Å². The molecule has 19 heavy (non-hydrogen) atoms. The third-order valence-corrected chi connectivity index (χ3v) is 3.02. The van der Waals surface area contributed by atoms with E-state index in [1.54, 1.807) is 6.92 Å². The van der Waals surface area contributed by atoms with E-state index >= 15 is 0 Å². The van der Waals surface area contributed by atoms with Crippen molar-refractivity contribution in [3.05, 3.63) is 29.8 Å². The second kappa shape index (κ2) is 8.93. The smallest absolute Gasteiger partial charge is 0.335 e. The number of aliphatic hydroxyl groups excluding tert-OH is 1. The van der Waals surface area contributed by atoms with Gasteiger partial charge in [-0.1, -0.05) is 28.1 Å². The van der Waals surface area contributed by atoms with E-state index in [-0.39, 0.29) is 13.0 Å². The summed E-state index contributed by atoms with van der Waals surface area (Å²) in [7, 11) is 0. The number of alkyl halides is 1. The molecule has 0 radical (unpaired) electrons. The standard InChI is InChI=1S/C14H19BrO4/c1-2-18-14(17)13(16)10-11-4-6-12(7-5-11)19-9-3-8-15/h4-7,13,16H,2-3,8-10H2,1H3/t13-/m0/s1. The summed E-state index contributed by atoms with van der Waals surface area (Å²) >= 11 is 3.34. The summed E-state index contributed by atoms with van der Waals surface area (Å²) in [4.78, 5) is 11.3. The van der Waals surface area contributed by atoms with Crippen molar-refractivity contribution in [1.82, 2.24) is 0 Å². The predicted octanol–water partition coefficient (Wildman–Crippen LogP) is 2.32. The van der Waals surface area contributed by atoms with Crippen molar-refractivity contribution in [3.63, 3.8) is 0 Å². The van der Waals surface area contributed by atoms with E-state index in [4.69, 9.17) is 9.47 Å². The Bertz CT molecular complexity index is 378. The number of carbonyl (C=O) groups excluding carboxylic acids is 1. The minimum atomic E-state index is -1.11. The second-order valence-corrected chi connectivity index (χ2v) is 4.80. The number of benzene rings is 1. The van der Waals surface area contributed by atoms with E-state index in [9.17, 15) is 9.90 Å². The van der Waals surface area contributed by atoms with Crippen LogP contribution >= 0.6 is 15.9 Å². The maximum atomic E-state index is 11.3. The molecule has 0 fully saturated rings. The number of esters is 1. The first-order valence-electron chi connectivity index (χ1n) is 6.29. The largest absolute Gasteiger partial charge is 0.494 e. The van der Waals surface area contributed by atoms with Crippen LogP contribution in [0.2, 0.25) is 0 Å². The van der Waals surface area contributed by atoms with E-state index in [2.05, 4.69) is 15.9 Å². The molecule has 4 nitrogen and oxygen atoms in total. The zero-order valence-electron chi connectivity index (χ0n) is 11.0. The highest BCUT2D eigenvalue weighted by Crippen LogP contribution is 2.14. The highest BCUT2D eigenvalue weighted by Gasteiger charge is 2.16. The molecule has 0 aromatic heterocycles. The van der Waals surface area contributed by atoms with Gasteiger partial charge in [-0.2, -0.15) is 0 Å². The van der Waals surface area contributed by atoms with Crippen LogP contribution in [0, 0.1) is 0 Å². The topological polar surface area (TPSA) is 55.8 Å². The van der Waals surface area contributed by atoms with Crippen LogP contribution in [0.1, 0.15) is 18.9 Å². The van der Waals surface area contributed by atoms with Crippen LogP contribution in [0.25, 0.3) is 0 Å². The molecule has 0 aliphatic carbocycles. The van der Waals surface area contributed by atoms with Gasteiger partial charge in [0, 0.05) is 11.8 Å². The Labute approximate surface area is 121 Å². The van der Waals surface area contributed by atoms with Crippen molar-refractivity contribution >= 4 is 21.9 Å². The average Bonchev–Trinajstić information content (AvgIpc) is 2.41. The van der Waals surface area contributed by atoms with Gasteiger partial charge in [0.25, 0.3) is 0 Å². The van der Waals surface area contributed by atoms with Gasteiger partial charge in [-0.15, -0.1) is 0 Å². The fourth-order valence-electron chi connectivity index (χ4n) is 1.51. The Morgan fingerprint density at radius 1 is 1.37 bits per heavy atom. The summed E-state index contributed by atoms with van der Waals surface area (Å²) in [5, 5.41) is 10.5. The fraction of sp³-hybridized carbons (Fsp3) is 0.500. The lowest BCUT2D eigenvalue weighted by Crippen LogP contribution is -2.25. The van der Waals surface area contributed by atoms with Gasteiger partial charge in [0.05, 0.1) is 13.2 Å². The summed E-state index contributed by atoms with van der Waals surface area (Å²) in [5.41, 5.74) is 0.869. The number of rotatable bonds is 8. The molecule has 0 unspecified atom stereocenters. The van der Waals surface area contributed by atoms with Gasteiger partial charge in [-0.25, -0.2) is 4.79 Å². The van der Waals surface area contributed by atoms with E-state index in [0.717, 1.165) is 23.1 Å². The minimum Gasteiger partial charge on any atom is -0.494 e. The molecule has 0 saturated carbocycles. The Balaban J connectivity index is 2.45. The lowest BCUT2D eigenvalue weighted by molar-refractivity contribution is -0.152. The first-order chi connectivity index (χ1) is 9.17. The summed E-state index contributed by atoms with van der Waals surface area (Å²) < 4.78 is 10.3. The molecule has 0 bridgehead atoms. The predicted molar refractivity (Wildman–Crippen MR) is 76.7 cm³/mol. The number of carbonyl (C=O) groups is 1. The lowest BCUT2D eigenvalue weighted by atomic mass is 10.1. The van der Waals surface area contributed by atoms with Crippen LogP contribution < -0.4 is 4.74 Å². The van der Waals surface area contributed by atoms with Crippen LogP contribution in [0.15, 0.2) is 24.3 Å². The van der Waals surface area contributed by atoms with Crippen molar-refractivity contribution in [2.45, 2.75) is 25.9 Å². The molecule has 0 spiro atoms. The summed E-state index contributed by atoms with van der Waals surface area (Å²) in [5.74, 6) is 0.204. The summed E-state index contributed by atoms with van der Waals surface area (Å²) in [6, 6.07) is 7.35. The van der Waals surface area contributed by atoms with Gasteiger partial charge in [0.1, 0.15) is 5.75 Å². The first kappa shape index (κ1) is 16.0. The number of hydrogen-bond acceptors (Lipinski definition) is 4. The Hall–Kier alpha value is -1.07. The third kappa shape index (κ3) is 6.07. The molecule has 1 N–H and O–H groups in total. The number of hydrogen-bond donors (Lipinski definition) is 1. The molecule has 0 amide bonds. The number of aliphatic hydroxyl groups is 1. The molecule has 0 heterocycles. The third-order valence-electron chi connectivity index (χ3n) is 2.46. The van der Waals surface area contributed by atoms with E-state index in [1.807, 2.05) is 24.3 Å². The minimum absolute atomic E-state index is 0.251. The lowest BCUT2D eigenvalue weighted by Gasteiger charge is -2.10. The summed E-state index contributed by atoms with van der Waals surface area (Å²) in [6.45, 7) is 2.65. The first-order valence-corrected chi connectivity index (χ1v) is 7.42. The van der Waals surface area contributed by atoms with Gasteiger partial charge in [-0.3, -0.25) is 0 Å². The second-order valence-electron chi connectivity index (χ2n) is 4.01. The van der Waals surface area contributed by atoms with Gasteiger partial charge >= 0.3 is 5.97 Å². The van der Waals surface area contributed by atoms with Crippen molar-refractivity contribution in [2.75, 3.05) is 18.5 Å². The summed E-state index contributed by atoms with van der Waals surface area (Å²) in [6.07, 6.45) is 0.0872. The van der Waals surface area contributed by atoms with Crippen molar-refractivity contribution in [1.29, 1.82) is 0 Å². The zero-order chi connectivity index (χ0) is 14.1. The van der Waals surface area contributed by atoms with Crippen molar-refractivity contribution in [3.8, 4) is 5.75 Å². The van der Waals surface area contributed by atoms with Gasteiger partial charge < -0.3 is 14.6 Å². The molecule has 1 aromatic carbocycles. The molecule has 5 heteroatoms. The Kier molecular flexibility index (Phi) is 7.52. The molecular weight excluding hydrogens is 312 g/mol. The number of ether oxygens (including phenoxy) is 2. The molecular formula is C14H19BrO4. The molecule has 0 saturated heterocycles. The van der Waals surface area contributed by atoms with Crippen molar-refractivity contribution < 1.29 is 19.4 Å². The van der Waals surface area contributed by atoms with Gasteiger partial charge in [0.2, 0.25) is 0 Å². The van der Waals surface area contributed by atoms with E-state index < -0.39 is 12.1 Å². The van der Waals surface area contributed by atoms with Crippen LogP contribution in [0.3, 0.4) is 0 Å². The SMILES string of the molecule is CCOC(=O)[C@@H](O)Cc1ccc(OCCCBr)cc1. The quantitative estimate of drug-likeness (QED) is 0.451. The van der Waals surface area contributed by atoms with Crippen molar-refractivity contribution in [2.24, 2.45) is 0 Å². The van der Waals surface area contributed by atoms with Crippen LogP contribution in [0.4, 0.5) is 0 Å². The van der Waals surface area contributed by atoms with Crippen LogP contribution in [-0.2, 0) is 16.0 Å². The maximum Gasteiger partial charge on any atom is 0.335 e. The molecule has 1 rings (SSSR count). The number of halogens is 1. The van der Waals surface area contributed by atoms with E-state index in [0.29, 0.717) is 6.61 Å². The highest BCUT2D eigenvalue weighted by molar-refractivity contribution is 9.09. The monoisotopic (exact) mass is 330 g/mol. The molecule has 1 atom stereocenters. The highest BCUT2D eigenvalue weighted by atomic mass is 79.9. The zero-order valence-corrected chi connectivity index (χ0v) is 12.6. The van der Waals surface area contributed by atoms with Gasteiger partial charge in [-0.05, 0) is 31.0 Å². The molecule has 0 aliphatic heterocycles. The van der Waals surface area contributed by atoms with E-state index in [1.165, 1.54) is 0 Å². The Morgan fingerprint density at radius 2 is 2.05 bits per heavy atom. The molecule has 0 aliphatic rings. The maximum absolute atomic E-state index is 11.3. The average molecular weight is 331 g/mol. The normalized spacial score (nSPS) is 11.9. The Morgan fingerprint density at radius 3 is 2.63 bits per heavy atom. The molecule has 1 aromatic rings. The van der Waals surface area contributed by atoms with Crippen LogP contribution in [-0.4, -0.2) is 35.7 Å². The molecule has 106 valence electrons. The fourth-order valence-corrected chi connectivity index (χ4v) is 1.74.